The van der Waals surface area contributed by atoms with Crippen molar-refractivity contribution in [3.05, 3.63) is 59.7 Å². The summed E-state index contributed by atoms with van der Waals surface area (Å²) in [6.45, 7) is 8.80. The van der Waals surface area contributed by atoms with Crippen LogP contribution in [0, 0.1) is 13.0 Å². The second kappa shape index (κ2) is 5.82. The Hall–Kier alpha value is -0.911. The predicted molar refractivity (Wildman–Crippen MR) is 74.2 cm³/mol. The summed E-state index contributed by atoms with van der Waals surface area (Å²) in [6.07, 6.45) is 0. The van der Waals surface area contributed by atoms with Crippen molar-refractivity contribution in [3.63, 3.8) is 0 Å². The molecule has 0 atom stereocenters. The summed E-state index contributed by atoms with van der Waals surface area (Å²) < 4.78 is 0. The molecule has 97 valence electrons. The van der Waals surface area contributed by atoms with Gasteiger partial charge in [-0.1, -0.05) is 52.0 Å². The van der Waals surface area contributed by atoms with Crippen LogP contribution in [-0.4, -0.2) is 0 Å². The van der Waals surface area contributed by atoms with Crippen LogP contribution < -0.4 is 0 Å². The fraction of sp³-hybridized carbons (Fsp3) is 0.294. The first-order valence-corrected chi connectivity index (χ1v) is 6.06. The smallest absolute Gasteiger partial charge is 0 e. The summed E-state index contributed by atoms with van der Waals surface area (Å²) in [5.41, 5.74) is 5.32. The molecule has 0 fully saturated rings. The second-order valence-electron chi connectivity index (χ2n) is 5.59. The first-order valence-electron chi connectivity index (χ1n) is 6.06. The third-order valence-electron chi connectivity index (χ3n) is 3.03. The van der Waals surface area contributed by atoms with E-state index in [-0.39, 0.29) is 25.5 Å². The van der Waals surface area contributed by atoms with Crippen molar-refractivity contribution >= 4 is 0 Å². The van der Waals surface area contributed by atoms with E-state index in [1.165, 1.54) is 22.3 Å². The monoisotopic (exact) mass is 416 g/mol. The van der Waals surface area contributed by atoms with E-state index in [9.17, 15) is 0 Å². The fourth-order valence-corrected chi connectivity index (χ4v) is 1.93. The van der Waals surface area contributed by atoms with Crippen LogP contribution >= 0.6 is 0 Å². The van der Waals surface area contributed by atoms with E-state index in [4.69, 9.17) is 0 Å². The van der Waals surface area contributed by atoms with Crippen molar-refractivity contribution < 1.29 is 20.1 Å². The van der Waals surface area contributed by atoms with Crippen molar-refractivity contribution in [3.8, 4) is 11.1 Å². The maximum Gasteiger partial charge on any atom is 0 e. The predicted octanol–water partition coefficient (Wildman–Crippen LogP) is 4.76. The zero-order chi connectivity index (χ0) is 12.5. The molecule has 2 rings (SSSR count). The molecule has 0 aliphatic rings. The molecule has 0 saturated heterocycles. The average Bonchev–Trinajstić information content (AvgIpc) is 2.28. The second-order valence-corrected chi connectivity index (χ2v) is 5.59. The van der Waals surface area contributed by atoms with Gasteiger partial charge in [0.1, 0.15) is 0 Å². The third kappa shape index (κ3) is 3.54. The Morgan fingerprint density at radius 3 is 2.00 bits per heavy atom. The van der Waals surface area contributed by atoms with E-state index >= 15 is 0 Å². The molecule has 2 aromatic rings. The summed E-state index contributed by atoms with van der Waals surface area (Å²) in [6, 6.07) is 18.3. The van der Waals surface area contributed by atoms with Gasteiger partial charge in [0.15, 0.2) is 0 Å². The van der Waals surface area contributed by atoms with Crippen LogP contribution in [0.25, 0.3) is 11.1 Å². The molecule has 2 aromatic carbocycles. The Morgan fingerprint density at radius 2 is 1.50 bits per heavy atom. The maximum absolute atomic E-state index is 3.18. The van der Waals surface area contributed by atoms with Crippen molar-refractivity contribution in [1.82, 2.24) is 0 Å². The Bertz CT molecular complexity index is 504. The Kier molecular flexibility index (Phi) is 4.90. The molecule has 0 amide bonds. The van der Waals surface area contributed by atoms with Gasteiger partial charge in [-0.2, -0.15) is 29.8 Å². The number of benzene rings is 2. The summed E-state index contributed by atoms with van der Waals surface area (Å²) in [5.74, 6) is 0. The quantitative estimate of drug-likeness (QED) is 0.590. The Balaban J connectivity index is 0.00000162. The molecule has 0 aliphatic heterocycles. The molecule has 0 N–H and O–H groups in total. The van der Waals surface area contributed by atoms with Gasteiger partial charge < -0.3 is 0 Å². The molecule has 0 heterocycles. The third-order valence-corrected chi connectivity index (χ3v) is 3.03. The Labute approximate surface area is 124 Å². The molecule has 0 nitrogen and oxygen atoms in total. The number of hydrogen-bond acceptors (Lipinski definition) is 0. The van der Waals surface area contributed by atoms with Crippen LogP contribution in [0.3, 0.4) is 0 Å². The minimum absolute atomic E-state index is 0. The Morgan fingerprint density at radius 1 is 0.889 bits per heavy atom. The molecule has 0 bridgehead atoms. The van der Waals surface area contributed by atoms with E-state index < -0.39 is 0 Å². The van der Waals surface area contributed by atoms with Gasteiger partial charge in [0.05, 0.1) is 0 Å². The maximum atomic E-state index is 3.18. The van der Waals surface area contributed by atoms with Crippen LogP contribution in [0.2, 0.25) is 0 Å². The minimum Gasteiger partial charge on any atom is -0.181 e. The molecule has 0 aromatic heterocycles. The summed E-state index contributed by atoms with van der Waals surface area (Å²) in [5, 5.41) is 0. The molecule has 0 aliphatic carbocycles. The molecular formula is C17H19Ir-. The van der Waals surface area contributed by atoms with E-state index in [1.807, 2.05) is 6.07 Å². The van der Waals surface area contributed by atoms with Crippen LogP contribution in [0.15, 0.2) is 42.5 Å². The van der Waals surface area contributed by atoms with Gasteiger partial charge in [-0.15, -0.1) is 5.56 Å². The van der Waals surface area contributed by atoms with Crippen LogP contribution in [-0.2, 0) is 25.5 Å². The molecule has 1 heteroatoms. The average molecular weight is 416 g/mol. The SMILES string of the molecule is Cc1[c-]ccc(-c2ccc(C(C)(C)C)cc2)c1.[Ir]. The first kappa shape index (κ1) is 15.1. The van der Waals surface area contributed by atoms with E-state index in [1.54, 1.807) is 0 Å². The number of rotatable bonds is 1. The van der Waals surface area contributed by atoms with E-state index in [2.05, 4.69) is 70.2 Å². The van der Waals surface area contributed by atoms with Crippen LogP contribution in [0.1, 0.15) is 31.9 Å². The zero-order valence-corrected chi connectivity index (χ0v) is 13.8. The molecular weight excluding hydrogens is 396 g/mol. The largest absolute Gasteiger partial charge is 0.181 e. The van der Waals surface area contributed by atoms with Gasteiger partial charge in [0.2, 0.25) is 0 Å². The van der Waals surface area contributed by atoms with Crippen molar-refractivity contribution in [2.45, 2.75) is 33.1 Å². The van der Waals surface area contributed by atoms with E-state index in [0.717, 1.165) is 0 Å². The van der Waals surface area contributed by atoms with Crippen LogP contribution in [0.5, 0.6) is 0 Å². The van der Waals surface area contributed by atoms with Gasteiger partial charge in [0, 0.05) is 20.1 Å². The van der Waals surface area contributed by atoms with Crippen molar-refractivity contribution in [2.24, 2.45) is 0 Å². The topological polar surface area (TPSA) is 0 Å². The fourth-order valence-electron chi connectivity index (χ4n) is 1.93. The molecule has 0 spiro atoms. The number of aryl methyl sites for hydroxylation is 1. The normalized spacial score (nSPS) is 10.9. The van der Waals surface area contributed by atoms with Gasteiger partial charge in [-0.3, -0.25) is 0 Å². The molecule has 1 radical (unpaired) electrons. The summed E-state index contributed by atoms with van der Waals surface area (Å²) >= 11 is 0. The first-order chi connectivity index (χ1) is 7.97. The van der Waals surface area contributed by atoms with Gasteiger partial charge in [-0.25, -0.2) is 0 Å². The minimum atomic E-state index is 0. The molecule has 0 unspecified atom stereocenters. The standard InChI is InChI=1S/C17H19.Ir/c1-13-6-5-7-15(12-13)14-8-10-16(11-9-14)17(2,3)4;/h5,7-12H,1-4H3;/q-1;. The van der Waals surface area contributed by atoms with Gasteiger partial charge in [-0.05, 0) is 16.5 Å². The van der Waals surface area contributed by atoms with Gasteiger partial charge in [0.25, 0.3) is 0 Å². The molecule has 0 saturated carbocycles. The number of hydrogen-bond donors (Lipinski definition) is 0. The summed E-state index contributed by atoms with van der Waals surface area (Å²) in [4.78, 5) is 0. The summed E-state index contributed by atoms with van der Waals surface area (Å²) in [7, 11) is 0. The van der Waals surface area contributed by atoms with Gasteiger partial charge >= 0.3 is 0 Å². The molecule has 18 heavy (non-hydrogen) atoms. The van der Waals surface area contributed by atoms with Crippen LogP contribution in [0.4, 0.5) is 0 Å². The van der Waals surface area contributed by atoms with Crippen molar-refractivity contribution in [1.29, 1.82) is 0 Å². The zero-order valence-electron chi connectivity index (χ0n) is 11.4. The van der Waals surface area contributed by atoms with E-state index in [0.29, 0.717) is 0 Å². The van der Waals surface area contributed by atoms with Crippen molar-refractivity contribution in [2.75, 3.05) is 0 Å².